The van der Waals surface area contributed by atoms with Gasteiger partial charge in [-0.15, -0.1) is 0 Å². The number of rotatable bonds is 8. The van der Waals surface area contributed by atoms with E-state index in [9.17, 15) is 53.4 Å². The number of fused-ring (bicyclic) bond motifs is 2. The van der Waals surface area contributed by atoms with E-state index < -0.39 is 108 Å². The Labute approximate surface area is 260 Å². The normalized spacial score (nSPS) is 22.8. The maximum Gasteiger partial charge on any atom is 0.255 e. The number of nitrogens with zero attached hydrogens (tertiary/aromatic N) is 1. The largest absolute Gasteiger partial charge is 0.391 e. The van der Waals surface area contributed by atoms with Crippen LogP contribution in [0, 0.1) is 58.4 Å². The molecule has 0 aliphatic heterocycles. The molecular weight excluding hydrogens is 676 g/mol. The van der Waals surface area contributed by atoms with Gasteiger partial charge in [0, 0.05) is 23.4 Å². The molecule has 17 heteroatoms. The highest BCUT2D eigenvalue weighted by Crippen LogP contribution is 2.51. The van der Waals surface area contributed by atoms with Crippen LogP contribution in [0.4, 0.5) is 40.8 Å². The van der Waals surface area contributed by atoms with Crippen molar-refractivity contribution in [2.75, 3.05) is 5.32 Å². The first-order valence-corrected chi connectivity index (χ1v) is 15.3. The van der Waals surface area contributed by atoms with Gasteiger partial charge in [-0.25, -0.2) is 43.5 Å². The number of benzene rings is 3. The fourth-order valence-corrected chi connectivity index (χ4v) is 8.88. The zero-order valence-corrected chi connectivity index (χ0v) is 24.6. The molecule has 2 aliphatic carbocycles. The predicted molar refractivity (Wildman–Crippen MR) is 147 cm³/mol. The number of carbonyl (C=O) groups excluding carboxylic acids is 1. The number of hydrogen-bond donors (Lipinski definition) is 2. The van der Waals surface area contributed by atoms with Gasteiger partial charge in [-0.2, -0.15) is 0 Å². The van der Waals surface area contributed by atoms with Gasteiger partial charge in [0.2, 0.25) is 5.82 Å². The van der Waals surface area contributed by atoms with Crippen molar-refractivity contribution in [2.45, 2.75) is 48.0 Å². The van der Waals surface area contributed by atoms with Gasteiger partial charge in [-0.05, 0) is 55.7 Å². The third-order valence-electron chi connectivity index (χ3n) is 8.05. The Balaban J connectivity index is 1.31. The van der Waals surface area contributed by atoms with Gasteiger partial charge >= 0.3 is 0 Å². The molecular formula is C29H21ClF8N2O5S. The van der Waals surface area contributed by atoms with Gasteiger partial charge in [0.25, 0.3) is 5.91 Å². The van der Waals surface area contributed by atoms with Gasteiger partial charge in [-0.3, -0.25) is 4.79 Å². The lowest BCUT2D eigenvalue weighted by Crippen LogP contribution is -2.47. The van der Waals surface area contributed by atoms with Crippen LogP contribution in [0.1, 0.15) is 41.6 Å². The molecule has 2 aliphatic rings. The molecule has 3 aromatic rings. The standard InChI is InChI=1S/C29H21ClF8N2O5S/c30-17-4-3-12(28(41)40-15-6-18(31)23(35)19(32)7-15)5-20(17)46(43,44)27-13-1-2-14(27)9-29(42,8-13)11-39-45-10-16-21(33)24(36)26(38)25(37)22(16)34/h3-7,11,13-14,27,42H,1-2,8-10H2,(H,40,41)/b39-11+/t13-,14?,27?,29+/m0/s1. The molecule has 2 N–H and O–H groups in total. The van der Waals surface area contributed by atoms with E-state index in [1.807, 2.05) is 0 Å². The minimum atomic E-state index is -4.26. The van der Waals surface area contributed by atoms with Crippen LogP contribution < -0.4 is 5.32 Å². The van der Waals surface area contributed by atoms with Crippen LogP contribution in [0.25, 0.3) is 0 Å². The Hall–Kier alpha value is -3.76. The van der Waals surface area contributed by atoms with Gasteiger partial charge in [0.1, 0.15) is 12.2 Å². The molecule has 1 amide bonds. The Kier molecular flexibility index (Phi) is 9.09. The zero-order chi connectivity index (χ0) is 33.7. The zero-order valence-electron chi connectivity index (χ0n) is 23.1. The Morgan fingerprint density at radius 2 is 1.46 bits per heavy atom. The second-order valence-electron chi connectivity index (χ2n) is 11.0. The van der Waals surface area contributed by atoms with Crippen molar-refractivity contribution in [3.05, 3.63) is 93.0 Å². The lowest BCUT2D eigenvalue weighted by atomic mass is 9.78. The molecule has 3 aromatic carbocycles. The van der Waals surface area contributed by atoms with Crippen molar-refractivity contribution in [1.29, 1.82) is 0 Å². The van der Waals surface area contributed by atoms with Crippen LogP contribution >= 0.6 is 11.6 Å². The van der Waals surface area contributed by atoms with E-state index in [-0.39, 0.29) is 23.4 Å². The first-order valence-electron chi connectivity index (χ1n) is 13.4. The van der Waals surface area contributed by atoms with E-state index in [1.54, 1.807) is 0 Å². The summed E-state index contributed by atoms with van der Waals surface area (Å²) in [6.45, 7) is -1.16. The van der Waals surface area contributed by atoms with Crippen molar-refractivity contribution in [3.8, 4) is 0 Å². The number of halogens is 9. The number of carbonyl (C=O) groups is 1. The van der Waals surface area contributed by atoms with Gasteiger partial charge in [-0.1, -0.05) is 16.8 Å². The molecule has 0 radical (unpaired) electrons. The third-order valence-corrected chi connectivity index (χ3v) is 10.9. The van der Waals surface area contributed by atoms with Crippen molar-refractivity contribution in [2.24, 2.45) is 17.0 Å². The molecule has 0 spiro atoms. The average molecular weight is 697 g/mol. The topological polar surface area (TPSA) is 105 Å². The van der Waals surface area contributed by atoms with Crippen LogP contribution in [0.3, 0.4) is 0 Å². The second kappa shape index (κ2) is 12.4. The summed E-state index contributed by atoms with van der Waals surface area (Å²) in [7, 11) is -4.26. The minimum absolute atomic E-state index is 0.164. The summed E-state index contributed by atoms with van der Waals surface area (Å²) in [5.41, 5.74) is -3.70. The number of anilines is 1. The number of oxime groups is 1. The molecule has 5 rings (SSSR count). The SMILES string of the molecule is O=C(Nc1cc(F)c(F)c(F)c1)c1ccc(Cl)c(S(=O)(=O)C2C3CC[C@H]2C[C@](O)(/C=N/OCc2c(F)c(F)c(F)c(F)c2F)C3)c1. The van der Waals surface area contributed by atoms with Crippen molar-refractivity contribution in [3.63, 3.8) is 0 Å². The molecule has 7 nitrogen and oxygen atoms in total. The number of sulfone groups is 1. The predicted octanol–water partition coefficient (Wildman–Crippen LogP) is 6.60. The van der Waals surface area contributed by atoms with E-state index in [2.05, 4.69) is 10.5 Å². The fourth-order valence-electron chi connectivity index (χ4n) is 6.04. The van der Waals surface area contributed by atoms with Crippen LogP contribution in [0.15, 0.2) is 40.4 Å². The summed E-state index contributed by atoms with van der Waals surface area (Å²) < 4.78 is 136. The monoisotopic (exact) mass is 696 g/mol. The molecule has 2 fully saturated rings. The lowest BCUT2D eigenvalue weighted by molar-refractivity contribution is 0.0407. The van der Waals surface area contributed by atoms with Gasteiger partial charge in [0.05, 0.1) is 26.9 Å². The third kappa shape index (κ3) is 6.17. The summed E-state index contributed by atoms with van der Waals surface area (Å²) in [5.74, 6) is -18.0. The number of aliphatic hydroxyl groups is 1. The summed E-state index contributed by atoms with van der Waals surface area (Å²) in [6, 6.07) is 4.38. The summed E-state index contributed by atoms with van der Waals surface area (Å²) in [4.78, 5) is 17.1. The maximum absolute atomic E-state index is 13.9. The molecule has 4 atom stereocenters. The van der Waals surface area contributed by atoms with Gasteiger partial charge < -0.3 is 15.3 Å². The minimum Gasteiger partial charge on any atom is -0.391 e. The Morgan fingerprint density at radius 1 is 0.913 bits per heavy atom. The lowest BCUT2D eigenvalue weighted by Gasteiger charge is -2.38. The van der Waals surface area contributed by atoms with E-state index in [0.717, 1.165) is 18.3 Å². The molecule has 246 valence electrons. The molecule has 0 saturated heterocycles. The Bertz CT molecular complexity index is 1810. The van der Waals surface area contributed by atoms with Crippen LogP contribution in [-0.4, -0.2) is 36.5 Å². The highest BCUT2D eigenvalue weighted by molar-refractivity contribution is 7.92. The van der Waals surface area contributed by atoms with Crippen LogP contribution in [-0.2, 0) is 21.3 Å². The second-order valence-corrected chi connectivity index (χ2v) is 13.5. The van der Waals surface area contributed by atoms with Crippen LogP contribution in [0.2, 0.25) is 5.02 Å². The number of nitrogens with one attached hydrogen (secondary N) is 1. The first kappa shape index (κ1) is 33.6. The highest BCUT2D eigenvalue weighted by Gasteiger charge is 2.54. The molecule has 2 unspecified atom stereocenters. The Morgan fingerprint density at radius 3 is 2.02 bits per heavy atom. The fraction of sp³-hybridized carbons (Fsp3) is 0.310. The summed E-state index contributed by atoms with van der Waals surface area (Å²) >= 11 is 6.22. The van der Waals surface area contributed by atoms with Crippen molar-refractivity contribution in [1.82, 2.24) is 0 Å². The van der Waals surface area contributed by atoms with E-state index in [4.69, 9.17) is 16.4 Å². The molecule has 2 saturated carbocycles. The van der Waals surface area contributed by atoms with Crippen molar-refractivity contribution >= 4 is 39.2 Å². The summed E-state index contributed by atoms with van der Waals surface area (Å²) in [6.07, 6.45) is 1.25. The molecule has 0 aromatic heterocycles. The quantitative estimate of drug-likeness (QED) is 0.0908. The molecule has 2 bridgehead atoms. The van der Waals surface area contributed by atoms with Crippen LogP contribution in [0.5, 0.6) is 0 Å². The molecule has 0 heterocycles. The average Bonchev–Trinajstić information content (AvgIpc) is 3.30. The van der Waals surface area contributed by atoms with Gasteiger partial charge in [0.15, 0.2) is 50.6 Å². The number of hydrogen-bond acceptors (Lipinski definition) is 6. The first-order chi connectivity index (χ1) is 21.5. The number of amides is 1. The van der Waals surface area contributed by atoms with E-state index in [1.165, 1.54) is 6.07 Å². The maximum atomic E-state index is 13.9. The van der Waals surface area contributed by atoms with E-state index >= 15 is 0 Å². The summed E-state index contributed by atoms with van der Waals surface area (Å²) in [5, 5.41) is 15.4. The molecule has 46 heavy (non-hydrogen) atoms. The smallest absolute Gasteiger partial charge is 0.255 e. The van der Waals surface area contributed by atoms with E-state index in [0.29, 0.717) is 25.0 Å². The highest BCUT2D eigenvalue weighted by atomic mass is 35.5. The van der Waals surface area contributed by atoms with Crippen molar-refractivity contribution < 1.29 is 58.3 Å².